The molecule has 0 unspecified atom stereocenters. The van der Waals surface area contributed by atoms with E-state index in [9.17, 15) is 0 Å². The first-order valence-electron chi connectivity index (χ1n) is 9.24. The largest absolute Gasteiger partial charge is 0.368 e. The lowest BCUT2D eigenvalue weighted by Gasteiger charge is -2.29. The topological polar surface area (TPSA) is 90.1 Å². The molecule has 3 aromatic rings. The summed E-state index contributed by atoms with van der Waals surface area (Å²) in [6.45, 7) is 4.30. The molecule has 0 saturated carbocycles. The molecule has 1 atom stereocenters. The van der Waals surface area contributed by atoms with E-state index >= 15 is 0 Å². The highest BCUT2D eigenvalue weighted by Crippen LogP contribution is 2.33. The van der Waals surface area contributed by atoms with Crippen molar-refractivity contribution < 1.29 is 9.26 Å². The number of aryl methyl sites for hydroxylation is 1. The fourth-order valence-electron chi connectivity index (χ4n) is 3.81. The van der Waals surface area contributed by atoms with Gasteiger partial charge in [0.25, 0.3) is 5.89 Å². The molecule has 0 spiro atoms. The fraction of sp³-hybridized carbons (Fsp3) is 0.421. The molecule has 0 bridgehead atoms. The number of hydrogen-bond donors (Lipinski definition) is 0. The minimum absolute atomic E-state index is 0.0789. The van der Waals surface area contributed by atoms with Crippen LogP contribution in [0.25, 0.3) is 11.4 Å². The maximum Gasteiger partial charge on any atom is 0.256 e. The quantitative estimate of drug-likeness (QED) is 0.701. The van der Waals surface area contributed by atoms with E-state index in [4.69, 9.17) is 9.26 Å². The molecule has 138 valence electrons. The normalized spacial score (nSPS) is 19.3. The van der Waals surface area contributed by atoms with Gasteiger partial charge in [-0.15, -0.1) is 0 Å². The van der Waals surface area contributed by atoms with Crippen molar-refractivity contribution in [3.05, 3.63) is 47.4 Å². The van der Waals surface area contributed by atoms with Crippen LogP contribution in [-0.4, -0.2) is 38.2 Å². The van der Waals surface area contributed by atoms with Gasteiger partial charge in [0.1, 0.15) is 6.10 Å². The maximum atomic E-state index is 5.66. The third-order valence-corrected chi connectivity index (χ3v) is 5.16. The number of nitrogens with zero attached hydrogens (tertiary/aromatic N) is 6. The monoisotopic (exact) mass is 364 g/mol. The predicted octanol–water partition coefficient (Wildman–Crippen LogP) is 2.64. The highest BCUT2D eigenvalue weighted by atomic mass is 16.5. The molecule has 0 radical (unpaired) electrons. The van der Waals surface area contributed by atoms with Gasteiger partial charge in [-0.05, 0) is 43.4 Å². The Morgan fingerprint density at radius 1 is 1.19 bits per heavy atom. The number of pyridine rings is 1. The van der Waals surface area contributed by atoms with Crippen LogP contribution in [0.5, 0.6) is 0 Å². The molecule has 2 aliphatic heterocycles. The van der Waals surface area contributed by atoms with Crippen LogP contribution < -0.4 is 4.90 Å². The number of hydrogen-bond acceptors (Lipinski definition) is 8. The van der Waals surface area contributed by atoms with E-state index in [2.05, 4.69) is 30.0 Å². The van der Waals surface area contributed by atoms with Crippen LogP contribution in [0.3, 0.4) is 0 Å². The molecule has 0 aromatic carbocycles. The molecule has 1 saturated heterocycles. The fourth-order valence-corrected chi connectivity index (χ4v) is 3.81. The van der Waals surface area contributed by atoms with Crippen molar-refractivity contribution in [1.29, 1.82) is 0 Å². The van der Waals surface area contributed by atoms with E-state index in [-0.39, 0.29) is 6.10 Å². The second-order valence-electron chi connectivity index (χ2n) is 6.90. The second-order valence-corrected chi connectivity index (χ2v) is 6.90. The Hall–Kier alpha value is -2.87. The summed E-state index contributed by atoms with van der Waals surface area (Å²) in [5.41, 5.74) is 4.28. The molecule has 8 nitrogen and oxygen atoms in total. The Balaban J connectivity index is 1.48. The zero-order valence-corrected chi connectivity index (χ0v) is 15.1. The summed E-state index contributed by atoms with van der Waals surface area (Å²) < 4.78 is 11.2. The van der Waals surface area contributed by atoms with E-state index < -0.39 is 0 Å². The van der Waals surface area contributed by atoms with Gasteiger partial charge in [-0.3, -0.25) is 4.98 Å². The Kier molecular flexibility index (Phi) is 4.05. The molecule has 0 amide bonds. The number of anilines is 1. The summed E-state index contributed by atoms with van der Waals surface area (Å²) >= 11 is 0. The molecule has 0 N–H and O–H groups in total. The van der Waals surface area contributed by atoms with E-state index in [0.29, 0.717) is 11.7 Å². The second kappa shape index (κ2) is 6.70. The van der Waals surface area contributed by atoms with Crippen molar-refractivity contribution in [2.75, 3.05) is 18.1 Å². The average Bonchev–Trinajstić information content (AvgIpc) is 3.40. The van der Waals surface area contributed by atoms with Crippen LogP contribution in [0.1, 0.15) is 41.7 Å². The molecule has 8 heteroatoms. The third kappa shape index (κ3) is 2.95. The number of fused-ring (bicyclic) bond motifs is 1. The standard InChI is InChI=1S/C19H20N6O2/c1-12-16(17-23-18(27-24-17)15-4-2-9-26-15)14-5-8-25(11-13(14)10-22-12)19-20-6-3-7-21-19/h3,6-7,10,15H,2,4-5,8-9,11H2,1H3/t15-/m1/s1. The Morgan fingerprint density at radius 3 is 2.89 bits per heavy atom. The third-order valence-electron chi connectivity index (χ3n) is 5.16. The van der Waals surface area contributed by atoms with E-state index in [1.165, 1.54) is 5.56 Å². The van der Waals surface area contributed by atoms with Crippen molar-refractivity contribution in [2.45, 2.75) is 38.8 Å². The van der Waals surface area contributed by atoms with Crippen molar-refractivity contribution in [3.63, 3.8) is 0 Å². The van der Waals surface area contributed by atoms with Crippen LogP contribution in [0.15, 0.2) is 29.2 Å². The minimum Gasteiger partial charge on any atom is -0.368 e. The van der Waals surface area contributed by atoms with Crippen LogP contribution >= 0.6 is 0 Å². The average molecular weight is 364 g/mol. The van der Waals surface area contributed by atoms with Crippen molar-refractivity contribution in [2.24, 2.45) is 0 Å². The first-order valence-corrected chi connectivity index (χ1v) is 9.24. The number of aromatic nitrogens is 5. The van der Waals surface area contributed by atoms with Gasteiger partial charge >= 0.3 is 0 Å². The lowest BCUT2D eigenvalue weighted by atomic mass is 9.94. The zero-order chi connectivity index (χ0) is 18.2. The molecule has 27 heavy (non-hydrogen) atoms. The molecule has 5 heterocycles. The number of ether oxygens (including phenoxy) is 1. The van der Waals surface area contributed by atoms with Crippen LogP contribution in [0, 0.1) is 6.92 Å². The summed E-state index contributed by atoms with van der Waals surface area (Å²) in [6, 6.07) is 1.83. The van der Waals surface area contributed by atoms with E-state index in [0.717, 1.165) is 61.7 Å². The van der Waals surface area contributed by atoms with Crippen molar-refractivity contribution >= 4 is 5.95 Å². The van der Waals surface area contributed by atoms with Crippen molar-refractivity contribution in [3.8, 4) is 11.4 Å². The summed E-state index contributed by atoms with van der Waals surface area (Å²) in [7, 11) is 0. The van der Waals surface area contributed by atoms with Gasteiger partial charge in [-0.1, -0.05) is 5.16 Å². The Morgan fingerprint density at radius 2 is 2.07 bits per heavy atom. The van der Waals surface area contributed by atoms with Gasteiger partial charge in [0, 0.05) is 49.5 Å². The van der Waals surface area contributed by atoms with Gasteiger partial charge in [-0.25, -0.2) is 9.97 Å². The van der Waals surface area contributed by atoms with Gasteiger partial charge in [0.15, 0.2) is 0 Å². The lowest BCUT2D eigenvalue weighted by Crippen LogP contribution is -2.32. The van der Waals surface area contributed by atoms with Gasteiger partial charge < -0.3 is 14.2 Å². The van der Waals surface area contributed by atoms with Gasteiger partial charge in [0.05, 0.1) is 0 Å². The Labute approximate surface area is 156 Å². The molecular formula is C19H20N6O2. The Bertz CT molecular complexity index is 952. The summed E-state index contributed by atoms with van der Waals surface area (Å²) in [5, 5.41) is 4.23. The van der Waals surface area contributed by atoms with E-state index in [1.54, 1.807) is 12.4 Å². The van der Waals surface area contributed by atoms with Crippen molar-refractivity contribution in [1.82, 2.24) is 25.1 Å². The number of rotatable bonds is 3. The van der Waals surface area contributed by atoms with Gasteiger partial charge in [-0.2, -0.15) is 4.98 Å². The molecule has 3 aromatic heterocycles. The molecule has 5 rings (SSSR count). The van der Waals surface area contributed by atoms with Crippen LogP contribution in [0.4, 0.5) is 5.95 Å². The summed E-state index contributed by atoms with van der Waals surface area (Å²) in [6.07, 6.45) is 8.20. The zero-order valence-electron chi connectivity index (χ0n) is 15.1. The first-order chi connectivity index (χ1) is 13.3. The SMILES string of the molecule is Cc1ncc2c(c1-c1noc([C@H]3CCCO3)n1)CCN(c1ncccn1)C2. The van der Waals surface area contributed by atoms with Gasteiger partial charge in [0.2, 0.25) is 11.8 Å². The van der Waals surface area contributed by atoms with Crippen LogP contribution in [0.2, 0.25) is 0 Å². The smallest absolute Gasteiger partial charge is 0.256 e. The van der Waals surface area contributed by atoms with Crippen LogP contribution in [-0.2, 0) is 17.7 Å². The predicted molar refractivity (Wildman–Crippen MR) is 97.0 cm³/mol. The summed E-state index contributed by atoms with van der Waals surface area (Å²) in [4.78, 5) is 20.1. The molecule has 1 fully saturated rings. The lowest BCUT2D eigenvalue weighted by molar-refractivity contribution is 0.0835. The molecule has 2 aliphatic rings. The molecular weight excluding hydrogens is 344 g/mol. The highest BCUT2D eigenvalue weighted by Gasteiger charge is 2.28. The summed E-state index contributed by atoms with van der Waals surface area (Å²) in [5.74, 6) is 1.91. The first kappa shape index (κ1) is 16.3. The maximum absolute atomic E-state index is 5.66. The minimum atomic E-state index is -0.0789. The highest BCUT2D eigenvalue weighted by molar-refractivity contribution is 5.65. The molecule has 0 aliphatic carbocycles. The van der Waals surface area contributed by atoms with E-state index in [1.807, 2.05) is 19.2 Å².